The number of hydrogen-bond donors (Lipinski definition) is 1. The molecule has 2 rings (SSSR count). The van der Waals surface area contributed by atoms with E-state index in [0.29, 0.717) is 12.4 Å². The van der Waals surface area contributed by atoms with Gasteiger partial charge in [-0.05, 0) is 24.8 Å². The number of H-pyrrole nitrogens is 1. The zero-order valence-electron chi connectivity index (χ0n) is 10.3. The average Bonchev–Trinajstić information content (AvgIpc) is 2.96. The van der Waals surface area contributed by atoms with Crippen molar-refractivity contribution in [3.8, 4) is 0 Å². The number of sulfonamides is 1. The van der Waals surface area contributed by atoms with Crippen LogP contribution in [-0.2, 0) is 16.4 Å². The molecule has 0 spiro atoms. The highest BCUT2D eigenvalue weighted by Gasteiger charge is 2.22. The summed E-state index contributed by atoms with van der Waals surface area (Å²) in [6.45, 7) is 2.19. The van der Waals surface area contributed by atoms with Crippen molar-refractivity contribution in [3.63, 3.8) is 0 Å². The van der Waals surface area contributed by atoms with Gasteiger partial charge in [-0.25, -0.2) is 13.4 Å². The Hall–Kier alpha value is -1.18. The van der Waals surface area contributed by atoms with Crippen molar-refractivity contribution < 1.29 is 8.42 Å². The van der Waals surface area contributed by atoms with E-state index in [2.05, 4.69) is 9.97 Å². The lowest BCUT2D eigenvalue weighted by Crippen LogP contribution is -2.29. The summed E-state index contributed by atoms with van der Waals surface area (Å²) in [5.41, 5.74) is 0. The van der Waals surface area contributed by atoms with Crippen LogP contribution in [0.25, 0.3) is 0 Å². The van der Waals surface area contributed by atoms with Crippen LogP contribution in [-0.4, -0.2) is 36.3 Å². The van der Waals surface area contributed by atoms with E-state index in [4.69, 9.17) is 0 Å². The molecule has 0 amide bonds. The first kappa shape index (κ1) is 13.3. The Balaban J connectivity index is 2.06. The normalized spacial score (nSPS) is 12.2. The molecule has 0 atom stereocenters. The molecule has 2 heterocycles. The minimum absolute atomic E-state index is 0.147. The quantitative estimate of drug-likeness (QED) is 0.908. The number of hydrogen-bond acceptors (Lipinski definition) is 4. The van der Waals surface area contributed by atoms with Gasteiger partial charge in [0.15, 0.2) is 5.03 Å². The van der Waals surface area contributed by atoms with Crippen LogP contribution in [0.5, 0.6) is 0 Å². The van der Waals surface area contributed by atoms with E-state index in [1.807, 2.05) is 17.5 Å². The van der Waals surface area contributed by atoms with Gasteiger partial charge in [-0.15, -0.1) is 11.3 Å². The first-order valence-electron chi connectivity index (χ1n) is 5.50. The van der Waals surface area contributed by atoms with Gasteiger partial charge in [0.2, 0.25) is 0 Å². The molecule has 7 heteroatoms. The summed E-state index contributed by atoms with van der Waals surface area (Å²) in [4.78, 5) is 7.85. The number of nitrogens with zero attached hydrogens (tertiary/aromatic N) is 2. The van der Waals surface area contributed by atoms with Crippen LogP contribution in [0.1, 0.15) is 10.7 Å². The highest BCUT2D eigenvalue weighted by Crippen LogP contribution is 2.14. The van der Waals surface area contributed by atoms with Crippen molar-refractivity contribution in [2.75, 3.05) is 13.6 Å². The maximum absolute atomic E-state index is 12.2. The van der Waals surface area contributed by atoms with Crippen molar-refractivity contribution >= 4 is 21.4 Å². The number of aromatic amines is 1. The van der Waals surface area contributed by atoms with Gasteiger partial charge in [-0.2, -0.15) is 4.31 Å². The second-order valence-corrected chi connectivity index (χ2v) is 7.03. The smallest absolute Gasteiger partial charge is 0.259 e. The molecule has 0 saturated heterocycles. The van der Waals surface area contributed by atoms with Crippen molar-refractivity contribution in [2.24, 2.45) is 0 Å². The molecule has 1 N–H and O–H groups in total. The zero-order chi connectivity index (χ0) is 13.2. The first-order valence-corrected chi connectivity index (χ1v) is 7.82. The van der Waals surface area contributed by atoms with Crippen LogP contribution in [0, 0.1) is 6.92 Å². The summed E-state index contributed by atoms with van der Waals surface area (Å²) in [5, 5.41) is 2.14. The predicted octanol–water partition coefficient (Wildman–Crippen LogP) is 1.64. The molecule has 0 aliphatic rings. The molecule has 2 aromatic heterocycles. The van der Waals surface area contributed by atoms with Gasteiger partial charge in [0, 0.05) is 18.5 Å². The molecule has 18 heavy (non-hydrogen) atoms. The largest absolute Gasteiger partial charge is 0.332 e. The van der Waals surface area contributed by atoms with E-state index in [1.165, 1.54) is 15.4 Å². The van der Waals surface area contributed by atoms with Crippen LogP contribution < -0.4 is 0 Å². The lowest BCUT2D eigenvalue weighted by Gasteiger charge is -2.15. The first-order chi connectivity index (χ1) is 8.50. The van der Waals surface area contributed by atoms with Crippen LogP contribution in [0.3, 0.4) is 0 Å². The molecule has 0 saturated carbocycles. The number of thiophene rings is 1. The zero-order valence-corrected chi connectivity index (χ0v) is 11.9. The molecule has 0 unspecified atom stereocenters. The number of likely N-dealkylation sites (N-methyl/N-ethyl adjacent to an activating group) is 1. The molecule has 0 fully saturated rings. The number of imidazole rings is 1. The van der Waals surface area contributed by atoms with E-state index >= 15 is 0 Å². The van der Waals surface area contributed by atoms with E-state index in [1.54, 1.807) is 25.3 Å². The molecular formula is C11H15N3O2S2. The molecule has 0 bridgehead atoms. The molecule has 98 valence electrons. The monoisotopic (exact) mass is 285 g/mol. The van der Waals surface area contributed by atoms with Gasteiger partial charge in [-0.1, -0.05) is 6.07 Å². The Morgan fingerprint density at radius 3 is 2.83 bits per heavy atom. The Morgan fingerprint density at radius 1 is 1.50 bits per heavy atom. The second-order valence-electron chi connectivity index (χ2n) is 3.99. The van der Waals surface area contributed by atoms with Crippen LogP contribution in [0.15, 0.2) is 28.7 Å². The highest BCUT2D eigenvalue weighted by atomic mass is 32.2. The van der Waals surface area contributed by atoms with Crippen molar-refractivity contribution in [2.45, 2.75) is 18.4 Å². The Kier molecular flexibility index (Phi) is 3.84. The van der Waals surface area contributed by atoms with E-state index in [-0.39, 0.29) is 5.03 Å². The molecular weight excluding hydrogens is 270 g/mol. The summed E-state index contributed by atoms with van der Waals surface area (Å²) in [5.74, 6) is 0.597. The maximum Gasteiger partial charge on any atom is 0.259 e. The summed E-state index contributed by atoms with van der Waals surface area (Å²) in [6.07, 6.45) is 2.08. The maximum atomic E-state index is 12.2. The topological polar surface area (TPSA) is 66.1 Å². The van der Waals surface area contributed by atoms with Crippen molar-refractivity contribution in [1.29, 1.82) is 0 Å². The van der Waals surface area contributed by atoms with Gasteiger partial charge in [0.05, 0.1) is 6.20 Å². The molecule has 0 aromatic carbocycles. The van der Waals surface area contributed by atoms with E-state index < -0.39 is 10.0 Å². The molecule has 0 aliphatic heterocycles. The predicted molar refractivity (Wildman–Crippen MR) is 71.2 cm³/mol. The van der Waals surface area contributed by atoms with Gasteiger partial charge in [0.25, 0.3) is 10.0 Å². The fourth-order valence-corrected chi connectivity index (χ4v) is 3.37. The summed E-state index contributed by atoms with van der Waals surface area (Å²) in [6, 6.07) is 3.97. The lowest BCUT2D eigenvalue weighted by atomic mass is 10.3. The van der Waals surface area contributed by atoms with Crippen LogP contribution in [0.2, 0.25) is 0 Å². The second kappa shape index (κ2) is 5.21. The number of aromatic nitrogens is 2. The third-order valence-electron chi connectivity index (χ3n) is 2.62. The third-order valence-corrected chi connectivity index (χ3v) is 5.32. The Labute approximate surface area is 111 Å². The van der Waals surface area contributed by atoms with Gasteiger partial charge >= 0.3 is 0 Å². The van der Waals surface area contributed by atoms with E-state index in [9.17, 15) is 8.42 Å². The van der Waals surface area contributed by atoms with Gasteiger partial charge < -0.3 is 4.98 Å². The minimum atomic E-state index is -3.45. The van der Waals surface area contributed by atoms with Crippen LogP contribution >= 0.6 is 11.3 Å². The number of aryl methyl sites for hydroxylation is 1. The third kappa shape index (κ3) is 2.80. The van der Waals surface area contributed by atoms with Crippen molar-refractivity contribution in [3.05, 3.63) is 34.4 Å². The lowest BCUT2D eigenvalue weighted by molar-refractivity contribution is 0.471. The summed E-state index contributed by atoms with van der Waals surface area (Å²) >= 11 is 1.63. The SMILES string of the molecule is Cc1ncc(S(=O)(=O)N(C)CCc2cccs2)[nH]1. The van der Waals surface area contributed by atoms with Crippen LogP contribution in [0.4, 0.5) is 0 Å². The fraction of sp³-hybridized carbons (Fsp3) is 0.364. The molecule has 5 nitrogen and oxygen atoms in total. The van der Waals surface area contributed by atoms with Crippen molar-refractivity contribution in [1.82, 2.24) is 14.3 Å². The van der Waals surface area contributed by atoms with Gasteiger partial charge in [-0.3, -0.25) is 0 Å². The minimum Gasteiger partial charge on any atom is -0.332 e. The fourth-order valence-electron chi connectivity index (χ4n) is 1.54. The standard InChI is InChI=1S/C11H15N3O2S2/c1-9-12-8-11(13-9)18(15,16)14(2)6-5-10-4-3-7-17-10/h3-4,7-8H,5-6H2,1-2H3,(H,12,13). The molecule has 0 radical (unpaired) electrons. The Morgan fingerprint density at radius 2 is 2.28 bits per heavy atom. The Bertz CT molecular complexity index is 602. The van der Waals surface area contributed by atoms with E-state index in [0.717, 1.165) is 6.42 Å². The number of nitrogens with one attached hydrogen (secondary N) is 1. The molecule has 2 aromatic rings. The summed E-state index contributed by atoms with van der Waals surface area (Å²) < 4.78 is 25.7. The molecule has 0 aliphatic carbocycles. The van der Waals surface area contributed by atoms with Gasteiger partial charge in [0.1, 0.15) is 5.82 Å². The highest BCUT2D eigenvalue weighted by molar-refractivity contribution is 7.89. The summed E-state index contributed by atoms with van der Waals surface area (Å²) in [7, 11) is -1.87. The number of rotatable bonds is 5. The average molecular weight is 285 g/mol.